The van der Waals surface area contributed by atoms with Crippen molar-refractivity contribution in [2.24, 2.45) is 11.8 Å². The maximum absolute atomic E-state index is 13.1. The summed E-state index contributed by atoms with van der Waals surface area (Å²) in [7, 11) is -9.91. The molecule has 0 rings (SSSR count). The highest BCUT2D eigenvalue weighted by Gasteiger charge is 2.30. The summed E-state index contributed by atoms with van der Waals surface area (Å²) in [5, 5.41) is 10.6. The molecule has 3 N–H and O–H groups in total. The Kier molecular flexibility index (Phi) is 69.3. The predicted molar refractivity (Wildman–Crippen MR) is 400 cm³/mol. The largest absolute Gasteiger partial charge is 0.472 e. The second-order valence-corrected chi connectivity index (χ2v) is 32.3. The van der Waals surface area contributed by atoms with Crippen LogP contribution < -0.4 is 0 Å². The molecule has 0 heterocycles. The maximum Gasteiger partial charge on any atom is 0.472 e. The molecule has 0 radical (unpaired) electrons. The molecular weight excluding hydrogens is 1280 g/mol. The van der Waals surface area contributed by atoms with E-state index in [1.807, 2.05) is 0 Å². The van der Waals surface area contributed by atoms with Crippen LogP contribution in [0.3, 0.4) is 0 Å². The van der Waals surface area contributed by atoms with E-state index in [-0.39, 0.29) is 25.7 Å². The van der Waals surface area contributed by atoms with Crippen LogP contribution in [0.1, 0.15) is 414 Å². The van der Waals surface area contributed by atoms with Gasteiger partial charge in [-0.1, -0.05) is 363 Å². The summed E-state index contributed by atoms with van der Waals surface area (Å²) in [4.78, 5) is 72.8. The number of aliphatic hydroxyl groups is 1. The Morgan fingerprint density at radius 1 is 0.276 bits per heavy atom. The maximum atomic E-state index is 13.1. The molecule has 0 spiro atoms. The molecule has 0 saturated carbocycles. The molecular formula is C79H154O17P2. The molecule has 0 aliphatic rings. The van der Waals surface area contributed by atoms with E-state index in [4.69, 9.17) is 37.0 Å². The molecule has 0 fully saturated rings. The van der Waals surface area contributed by atoms with E-state index in [0.717, 1.165) is 102 Å². The number of esters is 4. The van der Waals surface area contributed by atoms with Crippen molar-refractivity contribution in [3.8, 4) is 0 Å². The number of ether oxygens (including phenoxy) is 4. The summed E-state index contributed by atoms with van der Waals surface area (Å²) in [6.07, 6.45) is 59.8. The number of carbonyl (C=O) groups excluding carboxylic acids is 4. The minimum Gasteiger partial charge on any atom is -0.462 e. The molecule has 19 heteroatoms. The van der Waals surface area contributed by atoms with Crippen LogP contribution in [0, 0.1) is 11.8 Å². The van der Waals surface area contributed by atoms with Crippen molar-refractivity contribution >= 4 is 39.5 Å². The van der Waals surface area contributed by atoms with Gasteiger partial charge in [-0.15, -0.1) is 0 Å². The van der Waals surface area contributed by atoms with Gasteiger partial charge in [-0.3, -0.25) is 37.3 Å². The van der Waals surface area contributed by atoms with Crippen molar-refractivity contribution in [3.05, 3.63) is 0 Å². The molecule has 0 aliphatic carbocycles. The van der Waals surface area contributed by atoms with Crippen LogP contribution in [-0.4, -0.2) is 96.7 Å². The number of carbonyl (C=O) groups is 4. The number of rotatable bonds is 78. The Balaban J connectivity index is 5.19. The molecule has 0 bridgehead atoms. The van der Waals surface area contributed by atoms with Gasteiger partial charge in [0.15, 0.2) is 12.2 Å². The summed E-state index contributed by atoms with van der Waals surface area (Å²) in [5.41, 5.74) is 0. The van der Waals surface area contributed by atoms with Crippen molar-refractivity contribution < 1.29 is 80.2 Å². The van der Waals surface area contributed by atoms with Gasteiger partial charge in [0.25, 0.3) is 0 Å². The van der Waals surface area contributed by atoms with Crippen LogP contribution in [0.2, 0.25) is 0 Å². The molecule has 17 nitrogen and oxygen atoms in total. The second-order valence-electron chi connectivity index (χ2n) is 29.4. The van der Waals surface area contributed by atoms with Gasteiger partial charge in [-0.05, 0) is 37.5 Å². The minimum atomic E-state index is -4.96. The molecule has 0 amide bonds. The second kappa shape index (κ2) is 70.7. The summed E-state index contributed by atoms with van der Waals surface area (Å²) in [6.45, 7) is 9.59. The third-order valence-electron chi connectivity index (χ3n) is 18.5. The Morgan fingerprint density at radius 3 is 0.694 bits per heavy atom. The minimum absolute atomic E-state index is 0.105. The van der Waals surface area contributed by atoms with E-state index in [0.29, 0.717) is 25.7 Å². The predicted octanol–water partition coefficient (Wildman–Crippen LogP) is 23.5. The summed E-state index contributed by atoms with van der Waals surface area (Å²) in [6, 6.07) is 0. The molecule has 0 aromatic carbocycles. The third-order valence-corrected chi connectivity index (χ3v) is 20.4. The lowest BCUT2D eigenvalue weighted by atomic mass is 10.0. The number of hydrogen-bond acceptors (Lipinski definition) is 15. The van der Waals surface area contributed by atoms with Crippen molar-refractivity contribution in [3.63, 3.8) is 0 Å². The van der Waals surface area contributed by atoms with E-state index in [1.165, 1.54) is 231 Å². The average Bonchev–Trinajstić information content (AvgIpc) is 0.974. The van der Waals surface area contributed by atoms with Crippen LogP contribution in [0.4, 0.5) is 0 Å². The van der Waals surface area contributed by atoms with Gasteiger partial charge in [0.2, 0.25) is 0 Å². The number of phosphoric acid groups is 2. The van der Waals surface area contributed by atoms with Gasteiger partial charge < -0.3 is 33.8 Å². The quantitative estimate of drug-likeness (QED) is 0.0222. The number of phosphoric ester groups is 2. The lowest BCUT2D eigenvalue weighted by Gasteiger charge is -2.21. The van der Waals surface area contributed by atoms with E-state index >= 15 is 0 Å². The standard InChI is InChI=1S/C79H154O17P2/c1-7-9-11-13-15-17-18-19-20-23-27-30-33-37-44-50-56-62-77(82)90-68-74(95-78(83)63-57-51-45-38-34-31-28-25-22-21-24-26-29-32-36-41-47-53-59-71(3)4)69-93-97(85,86)91-65-73(80)66-92-98(87,88)94-70-75(67-89-76(81)61-55-49-43-35-16-14-12-10-8-2)96-79(84)64-58-52-46-40-39-42-48-54-60-72(5)6/h71-75,80H,7-70H2,1-6H3,(H,85,86)(H,87,88)/t73-,74-,75-/m1/s1. The zero-order chi connectivity index (χ0) is 72.1. The number of aliphatic hydroxyl groups excluding tert-OH is 1. The van der Waals surface area contributed by atoms with Crippen LogP contribution in [0.25, 0.3) is 0 Å². The monoisotopic (exact) mass is 1440 g/mol. The summed E-state index contributed by atoms with van der Waals surface area (Å²) >= 11 is 0. The van der Waals surface area contributed by atoms with Crippen LogP contribution in [0.5, 0.6) is 0 Å². The fourth-order valence-corrected chi connectivity index (χ4v) is 13.8. The highest BCUT2D eigenvalue weighted by molar-refractivity contribution is 7.47. The topological polar surface area (TPSA) is 237 Å². The van der Waals surface area contributed by atoms with Crippen LogP contribution in [-0.2, 0) is 65.4 Å². The van der Waals surface area contributed by atoms with E-state index in [2.05, 4.69) is 41.5 Å². The van der Waals surface area contributed by atoms with Crippen molar-refractivity contribution in [2.75, 3.05) is 39.6 Å². The third kappa shape index (κ3) is 72.4. The Labute approximate surface area is 600 Å². The fourth-order valence-electron chi connectivity index (χ4n) is 12.2. The lowest BCUT2D eigenvalue weighted by molar-refractivity contribution is -0.161. The highest BCUT2D eigenvalue weighted by Crippen LogP contribution is 2.45. The van der Waals surface area contributed by atoms with Gasteiger partial charge in [0.05, 0.1) is 26.4 Å². The fraction of sp³-hybridized carbons (Fsp3) is 0.949. The van der Waals surface area contributed by atoms with Crippen molar-refractivity contribution in [2.45, 2.75) is 432 Å². The van der Waals surface area contributed by atoms with Gasteiger partial charge in [-0.2, -0.15) is 0 Å². The highest BCUT2D eigenvalue weighted by atomic mass is 31.2. The zero-order valence-electron chi connectivity index (χ0n) is 64.1. The molecule has 0 aromatic rings. The van der Waals surface area contributed by atoms with Gasteiger partial charge >= 0.3 is 39.5 Å². The molecule has 0 aliphatic heterocycles. The Morgan fingerprint density at radius 2 is 0.469 bits per heavy atom. The molecule has 582 valence electrons. The lowest BCUT2D eigenvalue weighted by Crippen LogP contribution is -2.30. The summed E-state index contributed by atoms with van der Waals surface area (Å²) in [5.74, 6) is -0.576. The van der Waals surface area contributed by atoms with Crippen LogP contribution >= 0.6 is 15.6 Å². The Hall–Kier alpha value is -1.94. The average molecular weight is 1440 g/mol. The molecule has 2 unspecified atom stereocenters. The van der Waals surface area contributed by atoms with Crippen molar-refractivity contribution in [1.29, 1.82) is 0 Å². The van der Waals surface area contributed by atoms with Gasteiger partial charge in [-0.25, -0.2) is 9.13 Å². The first kappa shape index (κ1) is 96.1. The normalized spacial score (nSPS) is 13.9. The smallest absolute Gasteiger partial charge is 0.462 e. The van der Waals surface area contributed by atoms with Gasteiger partial charge in [0.1, 0.15) is 19.3 Å². The first-order valence-electron chi connectivity index (χ1n) is 41.0. The SMILES string of the molecule is CCCCCCCCCCCCCCCCCCCC(=O)OC[C@H](COP(=O)(O)OC[C@@H](O)COP(=O)(O)OC[C@@H](COC(=O)CCCCCCCCCCC)OC(=O)CCCCCCCCCCC(C)C)OC(=O)CCCCCCCCCCCCCCCCCCCCC(C)C. The van der Waals surface area contributed by atoms with Crippen LogP contribution in [0.15, 0.2) is 0 Å². The van der Waals surface area contributed by atoms with E-state index in [9.17, 15) is 43.2 Å². The zero-order valence-corrected chi connectivity index (χ0v) is 65.9. The molecule has 0 saturated heterocycles. The first-order valence-corrected chi connectivity index (χ1v) is 44.0. The Bertz CT molecular complexity index is 1890. The molecule has 5 atom stereocenters. The number of hydrogen-bond donors (Lipinski definition) is 3. The van der Waals surface area contributed by atoms with Crippen molar-refractivity contribution in [1.82, 2.24) is 0 Å². The molecule has 0 aromatic heterocycles. The van der Waals surface area contributed by atoms with Gasteiger partial charge in [0, 0.05) is 25.7 Å². The van der Waals surface area contributed by atoms with E-state index < -0.39 is 97.5 Å². The number of unbranched alkanes of at least 4 members (excludes halogenated alkanes) is 48. The van der Waals surface area contributed by atoms with E-state index in [1.54, 1.807) is 0 Å². The summed E-state index contributed by atoms with van der Waals surface area (Å²) < 4.78 is 68.6. The molecule has 98 heavy (non-hydrogen) atoms. The first-order chi connectivity index (χ1) is 47.4.